The summed E-state index contributed by atoms with van der Waals surface area (Å²) in [5.74, 6) is -1.30. The maximum absolute atomic E-state index is 12.2. The first-order chi connectivity index (χ1) is 8.49. The lowest BCUT2D eigenvalue weighted by molar-refractivity contribution is -0.141. The summed E-state index contributed by atoms with van der Waals surface area (Å²) < 4.78 is 0. The first-order valence-corrected chi connectivity index (χ1v) is 6.37. The minimum absolute atomic E-state index is 0.0986. The number of aliphatic hydroxyl groups excluding tert-OH is 1. The number of rotatable bonds is 5. The molecule has 1 fully saturated rings. The lowest BCUT2D eigenvalue weighted by Gasteiger charge is -2.28. The van der Waals surface area contributed by atoms with Gasteiger partial charge in [-0.2, -0.15) is 0 Å². The zero-order chi connectivity index (χ0) is 13.7. The molecular formula is C12H22N2O4. The molecule has 1 aliphatic rings. The molecule has 18 heavy (non-hydrogen) atoms. The summed E-state index contributed by atoms with van der Waals surface area (Å²) in [5, 5.41) is 17.9. The standard InChI is InChI=1S/C12H22N2O4/c1-3-13(6-9(2)11(16)17)12(18)14-5-4-10(7-14)8-15/h9-10,15H,3-8H2,1-2H3,(H,16,17). The molecular weight excluding hydrogens is 236 g/mol. The zero-order valence-electron chi connectivity index (χ0n) is 11.0. The van der Waals surface area contributed by atoms with E-state index < -0.39 is 11.9 Å². The normalized spacial score (nSPS) is 20.8. The van der Waals surface area contributed by atoms with Crippen LogP contribution in [0.1, 0.15) is 20.3 Å². The van der Waals surface area contributed by atoms with Crippen LogP contribution in [-0.4, -0.2) is 64.8 Å². The van der Waals surface area contributed by atoms with Crippen molar-refractivity contribution in [3.05, 3.63) is 0 Å². The Morgan fingerprint density at radius 1 is 1.50 bits per heavy atom. The van der Waals surface area contributed by atoms with Gasteiger partial charge in [-0.15, -0.1) is 0 Å². The van der Waals surface area contributed by atoms with Crippen molar-refractivity contribution in [1.29, 1.82) is 0 Å². The highest BCUT2D eigenvalue weighted by atomic mass is 16.4. The molecule has 1 saturated heterocycles. The quantitative estimate of drug-likeness (QED) is 0.751. The first kappa shape index (κ1) is 14.8. The van der Waals surface area contributed by atoms with E-state index in [4.69, 9.17) is 10.2 Å². The number of urea groups is 1. The summed E-state index contributed by atoms with van der Waals surface area (Å²) in [6, 6.07) is -0.124. The van der Waals surface area contributed by atoms with Crippen molar-refractivity contribution in [3.63, 3.8) is 0 Å². The highest BCUT2D eigenvalue weighted by Crippen LogP contribution is 2.17. The van der Waals surface area contributed by atoms with Gasteiger partial charge in [0.05, 0.1) is 5.92 Å². The van der Waals surface area contributed by atoms with Crippen molar-refractivity contribution in [2.75, 3.05) is 32.8 Å². The van der Waals surface area contributed by atoms with Crippen LogP contribution in [0.2, 0.25) is 0 Å². The third-order valence-electron chi connectivity index (χ3n) is 3.38. The number of aliphatic carboxylic acids is 1. The van der Waals surface area contributed by atoms with E-state index in [-0.39, 0.29) is 25.1 Å². The largest absolute Gasteiger partial charge is 0.481 e. The van der Waals surface area contributed by atoms with Crippen molar-refractivity contribution < 1.29 is 19.8 Å². The van der Waals surface area contributed by atoms with Crippen molar-refractivity contribution in [2.45, 2.75) is 20.3 Å². The number of hydrogen-bond donors (Lipinski definition) is 2. The predicted octanol–water partition coefficient (Wildman–Crippen LogP) is 0.463. The third kappa shape index (κ3) is 3.60. The average molecular weight is 258 g/mol. The van der Waals surface area contributed by atoms with Gasteiger partial charge in [-0.25, -0.2) is 4.79 Å². The van der Waals surface area contributed by atoms with E-state index in [0.29, 0.717) is 19.6 Å². The fraction of sp³-hybridized carbons (Fsp3) is 0.833. The Hall–Kier alpha value is -1.30. The van der Waals surface area contributed by atoms with Gasteiger partial charge in [0.1, 0.15) is 0 Å². The SMILES string of the molecule is CCN(CC(C)C(=O)O)C(=O)N1CCC(CO)C1. The van der Waals surface area contributed by atoms with Gasteiger partial charge in [-0.05, 0) is 13.3 Å². The first-order valence-electron chi connectivity index (χ1n) is 6.37. The molecule has 0 bridgehead atoms. The van der Waals surface area contributed by atoms with Crippen molar-refractivity contribution in [1.82, 2.24) is 9.80 Å². The second kappa shape index (κ2) is 6.58. The molecule has 104 valence electrons. The minimum atomic E-state index is -0.893. The van der Waals surface area contributed by atoms with Gasteiger partial charge in [0, 0.05) is 38.7 Å². The van der Waals surface area contributed by atoms with Crippen LogP contribution in [0.4, 0.5) is 4.79 Å². The molecule has 0 aliphatic carbocycles. The maximum Gasteiger partial charge on any atom is 0.320 e. The van der Waals surface area contributed by atoms with E-state index in [9.17, 15) is 9.59 Å². The lowest BCUT2D eigenvalue weighted by atomic mass is 10.1. The number of carbonyl (C=O) groups excluding carboxylic acids is 1. The molecule has 0 aromatic rings. The molecule has 2 N–H and O–H groups in total. The topological polar surface area (TPSA) is 81.1 Å². The average Bonchev–Trinajstić information content (AvgIpc) is 2.83. The van der Waals surface area contributed by atoms with Crippen LogP contribution in [0.15, 0.2) is 0 Å². The molecule has 1 rings (SSSR count). The lowest BCUT2D eigenvalue weighted by Crippen LogP contribution is -2.44. The molecule has 2 atom stereocenters. The molecule has 1 aliphatic heterocycles. The van der Waals surface area contributed by atoms with Gasteiger partial charge >= 0.3 is 12.0 Å². The molecule has 0 aromatic carbocycles. The molecule has 1 heterocycles. The number of carboxylic acids is 1. The van der Waals surface area contributed by atoms with Gasteiger partial charge in [0.2, 0.25) is 0 Å². The fourth-order valence-corrected chi connectivity index (χ4v) is 2.11. The van der Waals surface area contributed by atoms with E-state index in [0.717, 1.165) is 6.42 Å². The van der Waals surface area contributed by atoms with Gasteiger partial charge in [-0.3, -0.25) is 4.79 Å². The molecule has 0 aromatic heterocycles. The van der Waals surface area contributed by atoms with E-state index >= 15 is 0 Å². The van der Waals surface area contributed by atoms with Crippen molar-refractivity contribution >= 4 is 12.0 Å². The Morgan fingerprint density at radius 3 is 2.61 bits per heavy atom. The highest BCUT2D eigenvalue weighted by molar-refractivity contribution is 5.76. The number of hydrogen-bond acceptors (Lipinski definition) is 3. The minimum Gasteiger partial charge on any atom is -0.481 e. The van der Waals surface area contributed by atoms with Crippen LogP contribution in [-0.2, 0) is 4.79 Å². The summed E-state index contributed by atoms with van der Waals surface area (Å²) in [6.45, 7) is 5.46. The number of nitrogens with zero attached hydrogens (tertiary/aromatic N) is 2. The van der Waals surface area contributed by atoms with E-state index in [1.165, 1.54) is 0 Å². The van der Waals surface area contributed by atoms with E-state index in [1.807, 2.05) is 6.92 Å². The Labute approximate surface area is 107 Å². The molecule has 2 unspecified atom stereocenters. The van der Waals surface area contributed by atoms with Crippen LogP contribution in [0.3, 0.4) is 0 Å². The highest BCUT2D eigenvalue weighted by Gasteiger charge is 2.29. The third-order valence-corrected chi connectivity index (χ3v) is 3.38. The van der Waals surface area contributed by atoms with Gasteiger partial charge in [-0.1, -0.05) is 6.92 Å². The van der Waals surface area contributed by atoms with Gasteiger partial charge in [0.25, 0.3) is 0 Å². The number of carboxylic acid groups (broad SMARTS) is 1. The second-order valence-electron chi connectivity index (χ2n) is 4.84. The molecule has 0 saturated carbocycles. The number of amides is 2. The molecule has 0 radical (unpaired) electrons. The second-order valence-corrected chi connectivity index (χ2v) is 4.84. The maximum atomic E-state index is 12.2. The summed E-state index contributed by atoms with van der Waals surface area (Å²) >= 11 is 0. The predicted molar refractivity (Wildman–Crippen MR) is 66.2 cm³/mol. The van der Waals surface area contributed by atoms with Crippen molar-refractivity contribution in [3.8, 4) is 0 Å². The Bertz CT molecular complexity index is 308. The fourth-order valence-electron chi connectivity index (χ4n) is 2.11. The number of carbonyl (C=O) groups is 2. The summed E-state index contributed by atoms with van der Waals surface area (Å²) in [6.07, 6.45) is 0.814. The molecule has 6 heteroatoms. The zero-order valence-corrected chi connectivity index (χ0v) is 11.0. The van der Waals surface area contributed by atoms with Crippen LogP contribution in [0, 0.1) is 11.8 Å². The Morgan fingerprint density at radius 2 is 2.17 bits per heavy atom. The van der Waals surface area contributed by atoms with Crippen molar-refractivity contribution in [2.24, 2.45) is 11.8 Å². The molecule has 2 amide bonds. The van der Waals surface area contributed by atoms with Crippen LogP contribution < -0.4 is 0 Å². The van der Waals surface area contributed by atoms with Crippen LogP contribution in [0.25, 0.3) is 0 Å². The van der Waals surface area contributed by atoms with E-state index in [1.54, 1.807) is 16.7 Å². The molecule has 6 nitrogen and oxygen atoms in total. The van der Waals surface area contributed by atoms with Gasteiger partial charge in [0.15, 0.2) is 0 Å². The smallest absolute Gasteiger partial charge is 0.320 e. The summed E-state index contributed by atoms with van der Waals surface area (Å²) in [4.78, 5) is 26.2. The van der Waals surface area contributed by atoms with Crippen LogP contribution in [0.5, 0.6) is 0 Å². The summed E-state index contributed by atoms with van der Waals surface area (Å²) in [5.41, 5.74) is 0. The Kier molecular flexibility index (Phi) is 5.40. The van der Waals surface area contributed by atoms with Gasteiger partial charge < -0.3 is 20.0 Å². The van der Waals surface area contributed by atoms with E-state index in [2.05, 4.69) is 0 Å². The van der Waals surface area contributed by atoms with Crippen LogP contribution >= 0.6 is 0 Å². The summed E-state index contributed by atoms with van der Waals surface area (Å²) in [7, 11) is 0. The Balaban J connectivity index is 2.54. The molecule has 0 spiro atoms. The number of likely N-dealkylation sites (tertiary alicyclic amines) is 1. The monoisotopic (exact) mass is 258 g/mol. The number of aliphatic hydroxyl groups is 1.